The molecule has 0 aromatic carbocycles. The minimum Gasteiger partial charge on any atom is -0.394 e. The first-order valence-electron chi connectivity index (χ1n) is 6.31. The number of aliphatic hydroxyl groups excluding tert-OH is 3. The van der Waals surface area contributed by atoms with Crippen LogP contribution in [0, 0.1) is 0 Å². The summed E-state index contributed by atoms with van der Waals surface area (Å²) in [5, 5.41) is 28.8. The Morgan fingerprint density at radius 2 is 2.33 bits per heavy atom. The largest absolute Gasteiger partial charge is 0.394 e. The number of anilines is 1. The van der Waals surface area contributed by atoms with Crippen LogP contribution in [0.5, 0.6) is 0 Å². The molecule has 0 radical (unpaired) electrons. The van der Waals surface area contributed by atoms with Crippen molar-refractivity contribution in [1.29, 1.82) is 0 Å². The van der Waals surface area contributed by atoms with Crippen molar-refractivity contribution in [1.82, 2.24) is 19.5 Å². The van der Waals surface area contributed by atoms with Crippen LogP contribution in [0.1, 0.15) is 6.42 Å². The number of ether oxygens (including phenoxy) is 1. The van der Waals surface area contributed by atoms with E-state index in [-0.39, 0.29) is 23.5 Å². The monoisotopic (exact) mass is 297 g/mol. The standard InChI is InChI=1S/C11H15N5O5/c12-10-14-8-7(9(20)15-10)13-4-16(8)11(3-18)1-5(19)6(2-17)21-11/h4-6,17-19H,1-3H2,(H3,12,14,15,20)/t5-,6+,11-/m0/s1. The van der Waals surface area contributed by atoms with Crippen molar-refractivity contribution in [3.63, 3.8) is 0 Å². The summed E-state index contributed by atoms with van der Waals surface area (Å²) in [4.78, 5) is 22.0. The van der Waals surface area contributed by atoms with Gasteiger partial charge >= 0.3 is 0 Å². The third-order valence-corrected chi connectivity index (χ3v) is 3.62. The van der Waals surface area contributed by atoms with Crippen molar-refractivity contribution in [3.05, 3.63) is 16.7 Å². The van der Waals surface area contributed by atoms with Gasteiger partial charge in [0.15, 0.2) is 16.9 Å². The van der Waals surface area contributed by atoms with Crippen LogP contribution in [0.4, 0.5) is 5.95 Å². The maximum Gasteiger partial charge on any atom is 0.280 e. The fourth-order valence-electron chi connectivity index (χ4n) is 2.58. The second kappa shape index (κ2) is 4.77. The van der Waals surface area contributed by atoms with Crippen molar-refractivity contribution in [2.24, 2.45) is 0 Å². The van der Waals surface area contributed by atoms with E-state index in [1.165, 1.54) is 10.9 Å². The number of hydrogen-bond donors (Lipinski definition) is 5. The molecule has 1 aliphatic rings. The van der Waals surface area contributed by atoms with Gasteiger partial charge in [0.2, 0.25) is 5.95 Å². The summed E-state index contributed by atoms with van der Waals surface area (Å²) < 4.78 is 6.93. The minimum absolute atomic E-state index is 0.0224. The summed E-state index contributed by atoms with van der Waals surface area (Å²) in [6.07, 6.45) is -0.489. The SMILES string of the molecule is Nc1nc2c(ncn2[C@@]2(CO)C[C@H](O)[C@@H](CO)O2)c(=O)[nH]1. The molecule has 1 fully saturated rings. The van der Waals surface area contributed by atoms with Crippen LogP contribution in [0.25, 0.3) is 11.2 Å². The van der Waals surface area contributed by atoms with E-state index >= 15 is 0 Å². The summed E-state index contributed by atoms with van der Waals surface area (Å²) in [6.45, 7) is -0.883. The highest BCUT2D eigenvalue weighted by atomic mass is 16.6. The molecule has 3 rings (SSSR count). The van der Waals surface area contributed by atoms with Crippen molar-refractivity contribution >= 4 is 17.1 Å². The topological polar surface area (TPSA) is 160 Å². The molecule has 1 aliphatic heterocycles. The lowest BCUT2D eigenvalue weighted by atomic mass is 10.1. The molecule has 2 aromatic heterocycles. The van der Waals surface area contributed by atoms with Gasteiger partial charge in [-0.25, -0.2) is 4.98 Å². The van der Waals surface area contributed by atoms with E-state index in [9.17, 15) is 20.1 Å². The fraction of sp³-hybridized carbons (Fsp3) is 0.545. The lowest BCUT2D eigenvalue weighted by Gasteiger charge is -2.28. The number of H-pyrrole nitrogens is 1. The number of aliphatic hydroxyl groups is 3. The van der Waals surface area contributed by atoms with E-state index in [0.29, 0.717) is 0 Å². The predicted molar refractivity (Wildman–Crippen MR) is 70.2 cm³/mol. The Morgan fingerprint density at radius 1 is 1.57 bits per heavy atom. The average Bonchev–Trinajstić information content (AvgIpc) is 3.00. The molecule has 2 aromatic rings. The van der Waals surface area contributed by atoms with E-state index in [0.717, 1.165) is 0 Å². The molecule has 3 atom stereocenters. The number of nitrogen functional groups attached to an aromatic ring is 1. The molecule has 10 heteroatoms. The van der Waals surface area contributed by atoms with Gasteiger partial charge in [-0.15, -0.1) is 0 Å². The lowest BCUT2D eigenvalue weighted by molar-refractivity contribution is -0.138. The number of nitrogens with zero attached hydrogens (tertiary/aromatic N) is 3. The van der Waals surface area contributed by atoms with E-state index < -0.39 is 36.7 Å². The minimum atomic E-state index is -1.35. The quantitative estimate of drug-likeness (QED) is 0.415. The van der Waals surface area contributed by atoms with E-state index in [1.807, 2.05) is 0 Å². The second-order valence-corrected chi connectivity index (χ2v) is 4.95. The molecule has 3 heterocycles. The Balaban J connectivity index is 2.17. The molecule has 0 spiro atoms. The predicted octanol–water partition coefficient (Wildman–Crippen LogP) is -2.51. The molecule has 0 unspecified atom stereocenters. The smallest absolute Gasteiger partial charge is 0.280 e. The number of aromatic nitrogens is 4. The van der Waals surface area contributed by atoms with Crippen LogP contribution in [0.15, 0.2) is 11.1 Å². The van der Waals surface area contributed by atoms with Crippen molar-refractivity contribution in [2.75, 3.05) is 18.9 Å². The van der Waals surface area contributed by atoms with Crippen LogP contribution in [0.3, 0.4) is 0 Å². The Labute approximate surface area is 117 Å². The maximum absolute atomic E-state index is 11.8. The maximum atomic E-state index is 11.8. The van der Waals surface area contributed by atoms with Gasteiger partial charge in [0.05, 0.1) is 25.6 Å². The van der Waals surface area contributed by atoms with Gasteiger partial charge < -0.3 is 25.8 Å². The van der Waals surface area contributed by atoms with Crippen LogP contribution in [-0.4, -0.2) is 60.3 Å². The van der Waals surface area contributed by atoms with Crippen molar-refractivity contribution < 1.29 is 20.1 Å². The van der Waals surface area contributed by atoms with Crippen LogP contribution >= 0.6 is 0 Å². The van der Waals surface area contributed by atoms with Gasteiger partial charge in [-0.2, -0.15) is 4.98 Å². The normalized spacial score (nSPS) is 29.3. The molecular formula is C11H15N5O5. The third kappa shape index (κ3) is 2.00. The summed E-state index contributed by atoms with van der Waals surface area (Å²) in [6, 6.07) is 0. The summed E-state index contributed by atoms with van der Waals surface area (Å²) in [7, 11) is 0. The molecule has 1 saturated heterocycles. The highest BCUT2D eigenvalue weighted by molar-refractivity contribution is 5.70. The van der Waals surface area contributed by atoms with E-state index in [1.54, 1.807) is 0 Å². The van der Waals surface area contributed by atoms with Crippen LogP contribution < -0.4 is 11.3 Å². The zero-order valence-electron chi connectivity index (χ0n) is 10.9. The van der Waals surface area contributed by atoms with Gasteiger partial charge in [0, 0.05) is 6.42 Å². The number of imidazole rings is 1. The Bertz CT molecular complexity index is 727. The van der Waals surface area contributed by atoms with Crippen molar-refractivity contribution in [3.8, 4) is 0 Å². The Kier molecular flexibility index (Phi) is 3.17. The average molecular weight is 297 g/mol. The van der Waals surface area contributed by atoms with Crippen LogP contribution in [-0.2, 0) is 10.5 Å². The molecule has 114 valence electrons. The van der Waals surface area contributed by atoms with Gasteiger partial charge in [-0.3, -0.25) is 14.3 Å². The zero-order valence-corrected chi connectivity index (χ0v) is 10.9. The number of aromatic amines is 1. The summed E-state index contributed by atoms with van der Waals surface area (Å²) >= 11 is 0. The first-order chi connectivity index (χ1) is 10.0. The molecule has 0 aliphatic carbocycles. The van der Waals surface area contributed by atoms with Crippen LogP contribution in [0.2, 0.25) is 0 Å². The number of rotatable bonds is 3. The molecule has 0 saturated carbocycles. The fourth-order valence-corrected chi connectivity index (χ4v) is 2.58. The highest BCUT2D eigenvalue weighted by Crippen LogP contribution is 2.36. The number of fused-ring (bicyclic) bond motifs is 1. The lowest BCUT2D eigenvalue weighted by Crippen LogP contribution is -2.38. The zero-order chi connectivity index (χ0) is 15.2. The first-order valence-corrected chi connectivity index (χ1v) is 6.31. The highest BCUT2D eigenvalue weighted by Gasteiger charge is 2.47. The first kappa shape index (κ1) is 13.9. The number of hydrogen-bond acceptors (Lipinski definition) is 8. The molecule has 6 N–H and O–H groups in total. The van der Waals surface area contributed by atoms with Gasteiger partial charge in [-0.05, 0) is 0 Å². The number of nitrogens with two attached hydrogens (primary N) is 1. The molecule has 21 heavy (non-hydrogen) atoms. The van der Waals surface area contributed by atoms with Crippen molar-refractivity contribution in [2.45, 2.75) is 24.4 Å². The molecule has 0 amide bonds. The third-order valence-electron chi connectivity index (χ3n) is 3.62. The van der Waals surface area contributed by atoms with Gasteiger partial charge in [0.1, 0.15) is 6.10 Å². The van der Waals surface area contributed by atoms with Gasteiger partial charge in [0.25, 0.3) is 5.56 Å². The van der Waals surface area contributed by atoms with E-state index in [4.69, 9.17) is 10.5 Å². The summed E-state index contributed by atoms with van der Waals surface area (Å²) in [5.41, 5.74) is 3.83. The Hall–Kier alpha value is -2.01. The second-order valence-electron chi connectivity index (χ2n) is 4.95. The van der Waals surface area contributed by atoms with E-state index in [2.05, 4.69) is 15.0 Å². The van der Waals surface area contributed by atoms with Gasteiger partial charge in [-0.1, -0.05) is 0 Å². The molecule has 10 nitrogen and oxygen atoms in total. The Morgan fingerprint density at radius 3 is 2.95 bits per heavy atom. The molecular weight excluding hydrogens is 282 g/mol. The number of nitrogens with one attached hydrogen (secondary N) is 1. The summed E-state index contributed by atoms with van der Waals surface area (Å²) in [5.74, 6) is -0.0976. The molecule has 0 bridgehead atoms.